The third kappa shape index (κ3) is 3.51. The van der Waals surface area contributed by atoms with Crippen LogP contribution in [0.2, 0.25) is 0 Å². The molecule has 0 atom stereocenters. The summed E-state index contributed by atoms with van der Waals surface area (Å²) < 4.78 is 0. The van der Waals surface area contributed by atoms with Crippen molar-refractivity contribution in [2.75, 3.05) is 0 Å². The van der Waals surface area contributed by atoms with Crippen molar-refractivity contribution in [3.63, 3.8) is 0 Å². The summed E-state index contributed by atoms with van der Waals surface area (Å²) in [4.78, 5) is 1.22. The summed E-state index contributed by atoms with van der Waals surface area (Å²) in [7, 11) is 0. The Morgan fingerprint density at radius 1 is 1.00 bits per heavy atom. The van der Waals surface area contributed by atoms with Gasteiger partial charge in [0.25, 0.3) is 0 Å². The molecule has 0 spiro atoms. The standard InChI is InChI=1S/C14H15NOS/c15-9-12-2-1-3-14(8-12)17-10-11-4-6-13(16)7-5-11/h1-8,16H,9-10,15H2. The third-order valence-electron chi connectivity index (χ3n) is 2.48. The van der Waals surface area contributed by atoms with Crippen LogP contribution in [0.3, 0.4) is 0 Å². The second kappa shape index (κ2) is 5.75. The molecule has 0 unspecified atom stereocenters. The molecule has 0 radical (unpaired) electrons. The molecule has 2 nitrogen and oxygen atoms in total. The van der Waals surface area contributed by atoms with Gasteiger partial charge in [-0.2, -0.15) is 0 Å². The van der Waals surface area contributed by atoms with Crippen LogP contribution in [0.15, 0.2) is 53.4 Å². The van der Waals surface area contributed by atoms with Crippen LogP contribution in [-0.2, 0) is 12.3 Å². The molecule has 2 aromatic rings. The van der Waals surface area contributed by atoms with Gasteiger partial charge in [-0.15, -0.1) is 11.8 Å². The second-order valence-corrected chi connectivity index (χ2v) is 4.86. The lowest BCUT2D eigenvalue weighted by Crippen LogP contribution is -1.95. The summed E-state index contributed by atoms with van der Waals surface area (Å²) >= 11 is 1.77. The van der Waals surface area contributed by atoms with Crippen LogP contribution in [0.5, 0.6) is 5.75 Å². The van der Waals surface area contributed by atoms with Gasteiger partial charge in [-0.1, -0.05) is 24.3 Å². The Labute approximate surface area is 105 Å². The van der Waals surface area contributed by atoms with E-state index in [2.05, 4.69) is 12.1 Å². The Bertz CT molecular complexity index is 482. The predicted octanol–water partition coefficient (Wildman–Crippen LogP) is 3.14. The molecule has 2 rings (SSSR count). The van der Waals surface area contributed by atoms with Gasteiger partial charge in [0, 0.05) is 17.2 Å². The fourth-order valence-corrected chi connectivity index (χ4v) is 2.46. The van der Waals surface area contributed by atoms with Crippen molar-refractivity contribution in [1.29, 1.82) is 0 Å². The zero-order chi connectivity index (χ0) is 12.1. The number of nitrogens with two attached hydrogens (primary N) is 1. The highest BCUT2D eigenvalue weighted by atomic mass is 32.2. The number of hydrogen-bond acceptors (Lipinski definition) is 3. The highest BCUT2D eigenvalue weighted by molar-refractivity contribution is 7.98. The maximum Gasteiger partial charge on any atom is 0.115 e. The molecule has 0 heterocycles. The van der Waals surface area contributed by atoms with Gasteiger partial charge in [0.2, 0.25) is 0 Å². The summed E-state index contributed by atoms with van der Waals surface area (Å²) in [5.74, 6) is 1.21. The van der Waals surface area contributed by atoms with Gasteiger partial charge in [-0.05, 0) is 35.4 Å². The first kappa shape index (κ1) is 12.0. The van der Waals surface area contributed by atoms with E-state index in [0.29, 0.717) is 12.3 Å². The Hall–Kier alpha value is -1.45. The van der Waals surface area contributed by atoms with Gasteiger partial charge in [-0.3, -0.25) is 0 Å². The molecule has 2 aromatic carbocycles. The Kier molecular flexibility index (Phi) is 4.07. The van der Waals surface area contributed by atoms with Gasteiger partial charge in [0.05, 0.1) is 0 Å². The number of phenols is 1. The number of benzene rings is 2. The van der Waals surface area contributed by atoms with Crippen LogP contribution < -0.4 is 5.73 Å². The van der Waals surface area contributed by atoms with E-state index in [0.717, 1.165) is 11.3 Å². The summed E-state index contributed by atoms with van der Waals surface area (Å²) in [5, 5.41) is 9.19. The quantitative estimate of drug-likeness (QED) is 0.813. The molecule has 0 amide bonds. The Morgan fingerprint density at radius 3 is 2.47 bits per heavy atom. The first-order chi connectivity index (χ1) is 8.28. The van der Waals surface area contributed by atoms with Crippen molar-refractivity contribution < 1.29 is 5.11 Å². The first-order valence-electron chi connectivity index (χ1n) is 5.47. The van der Waals surface area contributed by atoms with Crippen molar-refractivity contribution in [3.05, 3.63) is 59.7 Å². The number of aromatic hydroxyl groups is 1. The van der Waals surface area contributed by atoms with E-state index < -0.39 is 0 Å². The molecular formula is C14H15NOS. The fraction of sp³-hybridized carbons (Fsp3) is 0.143. The van der Waals surface area contributed by atoms with Gasteiger partial charge < -0.3 is 10.8 Å². The van der Waals surface area contributed by atoms with Gasteiger partial charge in [-0.25, -0.2) is 0 Å². The number of rotatable bonds is 4. The van der Waals surface area contributed by atoms with Crippen molar-refractivity contribution in [2.24, 2.45) is 5.73 Å². The van der Waals surface area contributed by atoms with E-state index in [1.165, 1.54) is 10.5 Å². The Balaban J connectivity index is 1.99. The summed E-state index contributed by atoms with van der Waals surface area (Å²) in [6.45, 7) is 0.577. The molecular weight excluding hydrogens is 230 g/mol. The monoisotopic (exact) mass is 245 g/mol. The minimum Gasteiger partial charge on any atom is -0.508 e. The minimum atomic E-state index is 0.309. The predicted molar refractivity (Wildman–Crippen MR) is 72.0 cm³/mol. The van der Waals surface area contributed by atoms with E-state index in [1.807, 2.05) is 24.3 Å². The SMILES string of the molecule is NCc1cccc(SCc2ccc(O)cc2)c1. The molecule has 3 heteroatoms. The van der Waals surface area contributed by atoms with Crippen molar-refractivity contribution >= 4 is 11.8 Å². The first-order valence-corrected chi connectivity index (χ1v) is 6.46. The molecule has 0 aliphatic heterocycles. The molecule has 0 aromatic heterocycles. The molecule has 0 aliphatic carbocycles. The second-order valence-electron chi connectivity index (χ2n) is 3.81. The zero-order valence-corrected chi connectivity index (χ0v) is 10.3. The average molecular weight is 245 g/mol. The maximum atomic E-state index is 9.19. The normalized spacial score (nSPS) is 10.4. The summed E-state index contributed by atoms with van der Waals surface area (Å²) in [5.41, 5.74) is 7.96. The van der Waals surface area contributed by atoms with Gasteiger partial charge in [0.15, 0.2) is 0 Å². The number of hydrogen-bond donors (Lipinski definition) is 2. The molecule has 0 bridgehead atoms. The lowest BCUT2D eigenvalue weighted by molar-refractivity contribution is 0.475. The summed E-state index contributed by atoms with van der Waals surface area (Å²) in [6, 6.07) is 15.6. The lowest BCUT2D eigenvalue weighted by Gasteiger charge is -2.04. The van der Waals surface area contributed by atoms with Crippen LogP contribution in [0.1, 0.15) is 11.1 Å². The highest BCUT2D eigenvalue weighted by Crippen LogP contribution is 2.24. The van der Waals surface area contributed by atoms with Crippen LogP contribution in [0, 0.1) is 0 Å². The smallest absolute Gasteiger partial charge is 0.115 e. The van der Waals surface area contributed by atoms with Crippen LogP contribution >= 0.6 is 11.8 Å². The minimum absolute atomic E-state index is 0.309. The number of phenolic OH excluding ortho intramolecular Hbond substituents is 1. The highest BCUT2D eigenvalue weighted by Gasteiger charge is 1.98. The number of thioether (sulfide) groups is 1. The largest absolute Gasteiger partial charge is 0.508 e. The maximum absolute atomic E-state index is 9.19. The molecule has 88 valence electrons. The van der Waals surface area contributed by atoms with E-state index in [9.17, 15) is 5.11 Å². The fourth-order valence-electron chi connectivity index (χ4n) is 1.52. The van der Waals surface area contributed by atoms with E-state index in [-0.39, 0.29) is 0 Å². The average Bonchev–Trinajstić information content (AvgIpc) is 2.38. The topological polar surface area (TPSA) is 46.2 Å². The third-order valence-corrected chi connectivity index (χ3v) is 3.54. The summed E-state index contributed by atoms with van der Waals surface area (Å²) in [6.07, 6.45) is 0. The van der Waals surface area contributed by atoms with Crippen LogP contribution in [0.4, 0.5) is 0 Å². The molecule has 0 fully saturated rings. The van der Waals surface area contributed by atoms with Gasteiger partial charge >= 0.3 is 0 Å². The van der Waals surface area contributed by atoms with E-state index in [4.69, 9.17) is 5.73 Å². The van der Waals surface area contributed by atoms with Gasteiger partial charge in [0.1, 0.15) is 5.75 Å². The molecule has 0 saturated heterocycles. The van der Waals surface area contributed by atoms with Crippen molar-refractivity contribution in [3.8, 4) is 5.75 Å². The molecule has 17 heavy (non-hydrogen) atoms. The van der Waals surface area contributed by atoms with Crippen molar-refractivity contribution in [1.82, 2.24) is 0 Å². The van der Waals surface area contributed by atoms with E-state index >= 15 is 0 Å². The van der Waals surface area contributed by atoms with Crippen LogP contribution in [-0.4, -0.2) is 5.11 Å². The lowest BCUT2D eigenvalue weighted by atomic mass is 10.2. The zero-order valence-electron chi connectivity index (χ0n) is 9.47. The Morgan fingerprint density at radius 2 is 1.76 bits per heavy atom. The van der Waals surface area contributed by atoms with Crippen LogP contribution in [0.25, 0.3) is 0 Å². The van der Waals surface area contributed by atoms with Crippen molar-refractivity contribution in [2.45, 2.75) is 17.2 Å². The molecule has 0 saturated carbocycles. The molecule has 0 aliphatic rings. The molecule has 3 N–H and O–H groups in total. The van der Waals surface area contributed by atoms with E-state index in [1.54, 1.807) is 23.9 Å².